The minimum atomic E-state index is -5.39. The molecule has 0 fully saturated rings. The molecular weight excluding hydrogens is 648 g/mol. The first-order valence-corrected chi connectivity index (χ1v) is 12.1. The van der Waals surface area contributed by atoms with Crippen molar-refractivity contribution in [3.05, 3.63) is 0 Å². The zero-order chi connectivity index (χ0) is 24.2. The molecule has 32 heavy (non-hydrogen) atoms. The zero-order valence-electron chi connectivity index (χ0n) is 14.3. The Morgan fingerprint density at radius 1 is 0.344 bits per heavy atom. The van der Waals surface area contributed by atoms with Crippen LogP contribution in [-0.4, -0.2) is 114 Å². The van der Waals surface area contributed by atoms with Crippen LogP contribution in [0.5, 0.6) is 0 Å². The van der Waals surface area contributed by atoms with E-state index in [4.69, 9.17) is 99.9 Å². The van der Waals surface area contributed by atoms with Crippen molar-refractivity contribution in [3.8, 4) is 0 Å². The first kappa shape index (κ1) is 70.0. The van der Waals surface area contributed by atoms with Crippen LogP contribution in [0.25, 0.3) is 0 Å². The van der Waals surface area contributed by atoms with E-state index in [-0.39, 0.29) is 86.8 Å². The van der Waals surface area contributed by atoms with Crippen LogP contribution in [0.2, 0.25) is 0 Å². The molecule has 0 spiro atoms. The van der Waals surface area contributed by atoms with Crippen molar-refractivity contribution in [2.75, 3.05) is 0 Å². The van der Waals surface area contributed by atoms with E-state index in [1.54, 1.807) is 0 Å². The number of rotatable bonds is 0. The molecule has 21 nitrogen and oxygen atoms in total. The van der Waals surface area contributed by atoms with Crippen LogP contribution in [0, 0.1) is 0 Å². The van der Waals surface area contributed by atoms with Crippen LogP contribution in [0.15, 0.2) is 0 Å². The minimum absolute atomic E-state index is 0. The van der Waals surface area contributed by atoms with Crippen LogP contribution < -0.4 is 72.8 Å². The van der Waals surface area contributed by atoms with Gasteiger partial charge in [0.2, 0.25) is 0 Å². The van der Waals surface area contributed by atoms with E-state index in [1.807, 2.05) is 0 Å². The fraction of sp³-hybridized carbons (Fsp3) is 0. The van der Waals surface area contributed by atoms with E-state index in [1.165, 1.54) is 0 Å². The number of phosphoric acid groups is 3. The Labute approximate surface area is 236 Å². The topological polar surface area (TPSA) is 448 Å². The molecule has 0 unspecified atom stereocenters. The summed E-state index contributed by atoms with van der Waals surface area (Å²) < 4.78 is 51.2. The zero-order valence-corrected chi connectivity index (χ0v) is 25.8. The Hall–Kier alpha value is 1.84. The quantitative estimate of drug-likeness (QED) is 0.174. The molecule has 0 saturated heterocycles. The molecule has 0 aromatic carbocycles. The molecule has 0 aromatic rings. The van der Waals surface area contributed by atoms with Crippen molar-refractivity contribution in [2.45, 2.75) is 0 Å². The summed E-state index contributed by atoms with van der Waals surface area (Å²) in [5.41, 5.74) is 0. The van der Waals surface area contributed by atoms with E-state index < -0.39 is 51.0 Å². The summed E-state index contributed by atoms with van der Waals surface area (Å²) in [5.74, 6) is 0. The van der Waals surface area contributed by atoms with Gasteiger partial charge in [-0.05, 0) is 0 Å². The Bertz CT molecular complexity index is 422. The Morgan fingerprint density at radius 2 is 0.344 bits per heavy atom. The second-order valence-corrected chi connectivity index (χ2v) is 6.27. The summed E-state index contributed by atoms with van der Waals surface area (Å²) in [5, 5.41) is 0. The normalized spacial score (nSPS) is 7.78. The van der Waals surface area contributed by atoms with Gasteiger partial charge in [0, 0.05) is 27.5 Å². The Kier molecular flexibility index (Phi) is 87.5. The molecule has 0 radical (unpaired) electrons. The molecule has 168 valence electrons. The first-order valence-electron chi connectivity index (χ1n) is 4.03. The van der Waals surface area contributed by atoms with Gasteiger partial charge in [-0.3, -0.25) is 0 Å². The minimum Gasteiger partial charge on any atom is -0.822 e. The molecule has 0 amide bonds. The molecule has 0 N–H and O–H groups in total. The van der Waals surface area contributed by atoms with Crippen molar-refractivity contribution >= 4 is 138 Å². The summed E-state index contributed by atoms with van der Waals surface area (Å²) in [6.07, 6.45) is 0. The Balaban J connectivity index is -0.0000000179. The van der Waals surface area contributed by atoms with E-state index in [9.17, 15) is 0 Å². The monoisotopic (exact) mass is 648 g/mol. The molecule has 32 heteroatoms. The van der Waals surface area contributed by atoms with Gasteiger partial charge >= 0.3 is 86.8 Å². The van der Waals surface area contributed by atoms with Crippen molar-refractivity contribution in [1.29, 1.82) is 0 Å². The van der Waals surface area contributed by atoms with E-state index in [0.717, 1.165) is 0 Å². The van der Waals surface area contributed by atoms with Gasteiger partial charge in [-0.15, -0.1) is 0 Å². The summed E-state index contributed by atoms with van der Waals surface area (Å²) in [6, 6.07) is 0. The van der Waals surface area contributed by atoms with Crippen LogP contribution in [0.3, 0.4) is 0 Å². The van der Waals surface area contributed by atoms with Gasteiger partial charge in [0.25, 0.3) is 0 Å². The summed E-state index contributed by atoms with van der Waals surface area (Å²) in [4.78, 5) is 128. The predicted molar refractivity (Wildman–Crippen MR) is 70.9 cm³/mol. The van der Waals surface area contributed by atoms with E-state index in [2.05, 4.69) is 0 Å². The third kappa shape index (κ3) is 8920. The van der Waals surface area contributed by atoms with E-state index in [0.29, 0.717) is 0 Å². The van der Waals surface area contributed by atoms with E-state index >= 15 is 0 Å². The van der Waals surface area contributed by atoms with Crippen LogP contribution in [0.4, 0.5) is 0 Å². The van der Waals surface area contributed by atoms with Gasteiger partial charge in [-0.2, -0.15) is 23.5 Å². The number of hydrogen-bond donors (Lipinski definition) is 0. The predicted octanol–water partition coefficient (Wildman–Crippen LogP) is -19.0. The maximum absolute atomic E-state index is 8.55. The average Bonchev–Trinajstić information content (AvgIpc) is 2.01. The molecular formula is Al5O21P3Si3. The van der Waals surface area contributed by atoms with Crippen LogP contribution in [-0.2, 0) is 27.1 Å². The van der Waals surface area contributed by atoms with Gasteiger partial charge in [0.1, 0.15) is 0 Å². The van der Waals surface area contributed by atoms with Gasteiger partial charge in [-0.25, -0.2) is 0 Å². The van der Waals surface area contributed by atoms with Gasteiger partial charge < -0.3 is 99.9 Å². The second-order valence-electron chi connectivity index (χ2n) is 2.09. The summed E-state index contributed by atoms with van der Waals surface area (Å²) >= 11 is 0. The molecule has 0 heterocycles. The smallest absolute Gasteiger partial charge is 0.822 e. The van der Waals surface area contributed by atoms with Gasteiger partial charge in [0.05, 0.1) is 0 Å². The third-order valence-corrected chi connectivity index (χ3v) is 0. The third-order valence-electron chi connectivity index (χ3n) is 0. The van der Waals surface area contributed by atoms with Crippen molar-refractivity contribution < 1.29 is 99.9 Å². The molecule has 0 bridgehead atoms. The van der Waals surface area contributed by atoms with Crippen LogP contribution >= 0.6 is 23.5 Å². The standard InChI is InChI=1S/5Al.3H3O4P.3O3Si/c;;;;;3*1-5(2,3)4;3*1-4(2)3/h;;;;;3*(H3,1,2,3,4);;;/q5*+3;;;;3*-2/p-9. The summed E-state index contributed by atoms with van der Waals surface area (Å²) in [6.45, 7) is 0. The fourth-order valence-corrected chi connectivity index (χ4v) is 0. The molecule has 0 aromatic heterocycles. The molecule has 0 saturated carbocycles. The van der Waals surface area contributed by atoms with Crippen molar-refractivity contribution in [3.63, 3.8) is 0 Å². The first-order chi connectivity index (χ1) is 11.2. The van der Waals surface area contributed by atoms with Crippen molar-refractivity contribution in [2.24, 2.45) is 0 Å². The molecule has 0 aliphatic heterocycles. The molecule has 0 atom stereocenters. The maximum atomic E-state index is 8.55. The number of hydrogen-bond acceptors (Lipinski definition) is 21. The SMILES string of the molecule is O=P([O-])([O-])[O-].O=P([O-])([O-])[O-].O=P([O-])([O-])[O-].O=[Si]([O-])[O-].O=[Si]([O-])[O-].O=[Si]([O-])[O-].[Al+3].[Al+3].[Al+3].[Al+3].[Al+3]. The second kappa shape index (κ2) is 40.0. The average molecular weight is 648 g/mol. The maximum Gasteiger partial charge on any atom is 3.00 e. The molecule has 0 aliphatic rings. The van der Waals surface area contributed by atoms with Crippen molar-refractivity contribution in [1.82, 2.24) is 0 Å². The van der Waals surface area contributed by atoms with Crippen LogP contribution in [0.1, 0.15) is 0 Å². The Morgan fingerprint density at radius 3 is 0.344 bits per heavy atom. The van der Waals surface area contributed by atoms with Gasteiger partial charge in [-0.1, -0.05) is 0 Å². The fourth-order valence-electron chi connectivity index (χ4n) is 0. The van der Waals surface area contributed by atoms with Gasteiger partial charge in [0.15, 0.2) is 0 Å². The largest absolute Gasteiger partial charge is 3.00 e. The summed E-state index contributed by atoms with van der Waals surface area (Å²) in [7, 11) is -27.1. The molecule has 0 rings (SSSR count). The molecule has 0 aliphatic carbocycles.